The topological polar surface area (TPSA) is 4.93 Å². The third kappa shape index (κ3) is 5.61. The Balaban J connectivity index is 1.52. The number of nitrogens with zero attached hydrogens (tertiary/aromatic N) is 1. The van der Waals surface area contributed by atoms with E-state index in [1.165, 1.54) is 71.1 Å². The van der Waals surface area contributed by atoms with Gasteiger partial charge in [-0.15, -0.1) is 0 Å². The van der Waals surface area contributed by atoms with Crippen LogP contribution in [-0.4, -0.2) is 12.6 Å². The molecule has 2 heteroatoms. The average Bonchev–Trinajstić information content (AvgIpc) is 3.68. The van der Waals surface area contributed by atoms with Gasteiger partial charge in [0.25, 0.3) is 0 Å². The van der Waals surface area contributed by atoms with Gasteiger partial charge in [-0.25, -0.2) is 0 Å². The molecule has 1 nitrogen and oxygen atoms in total. The molecule has 0 spiro atoms. The Morgan fingerprint density at radius 1 is 0.302 bits per heavy atom. The normalized spacial score (nSPS) is 13.7. The zero-order valence-corrected chi connectivity index (χ0v) is 36.4. The Kier molecular flexibility index (Phi) is 9.60. The molecular formula is C61H47NSi. The van der Waals surface area contributed by atoms with Crippen LogP contribution in [0.4, 0.5) is 0 Å². The molecule has 9 aromatic carbocycles. The number of rotatable bonds is 9. The molecular weight excluding hydrogens is 775 g/mol. The highest BCUT2D eigenvalue weighted by atomic mass is 28.3. The van der Waals surface area contributed by atoms with Crippen LogP contribution in [0.25, 0.3) is 5.69 Å². The van der Waals surface area contributed by atoms with Crippen LogP contribution in [0.15, 0.2) is 267 Å². The molecule has 63 heavy (non-hydrogen) atoms. The first-order valence-corrected chi connectivity index (χ1v) is 24.0. The zero-order valence-electron chi connectivity index (χ0n) is 35.4. The van der Waals surface area contributed by atoms with Gasteiger partial charge in [0.1, 0.15) is 0 Å². The van der Waals surface area contributed by atoms with Crippen LogP contribution >= 0.6 is 0 Å². The molecule has 11 rings (SSSR count). The van der Waals surface area contributed by atoms with Crippen molar-refractivity contribution in [1.82, 2.24) is 4.57 Å². The fourth-order valence-electron chi connectivity index (χ4n) is 11.4. The fraction of sp³-hybridized carbons (Fsp3) is 0.0492. The molecule has 0 amide bonds. The second-order valence-electron chi connectivity index (χ2n) is 16.7. The van der Waals surface area contributed by atoms with Gasteiger partial charge in [-0.3, -0.25) is 0 Å². The number of fused-ring (bicyclic) bond motifs is 2. The molecule has 0 saturated heterocycles. The lowest BCUT2D eigenvalue weighted by Gasteiger charge is -2.51. The van der Waals surface area contributed by atoms with Crippen LogP contribution < -0.4 is 20.9 Å². The van der Waals surface area contributed by atoms with E-state index in [-0.39, 0.29) is 0 Å². The molecule has 1 heterocycles. The minimum atomic E-state index is -3.36. The maximum atomic E-state index is 2.71. The lowest BCUT2D eigenvalue weighted by atomic mass is 9.51. The van der Waals surface area contributed by atoms with Crippen molar-refractivity contribution in [3.8, 4) is 5.69 Å². The summed E-state index contributed by atoms with van der Waals surface area (Å²) in [5.41, 5.74) is 11.1. The van der Waals surface area contributed by atoms with Crippen molar-refractivity contribution >= 4 is 29.0 Å². The van der Waals surface area contributed by atoms with E-state index in [1.807, 2.05) is 0 Å². The third-order valence-electron chi connectivity index (χ3n) is 13.7. The summed E-state index contributed by atoms with van der Waals surface area (Å²) in [5.74, 6) is 0. The maximum Gasteiger partial charge on any atom is 0.200 e. The Morgan fingerprint density at radius 2 is 0.571 bits per heavy atom. The largest absolute Gasteiger partial charge is 0.320 e. The van der Waals surface area contributed by atoms with Gasteiger partial charge >= 0.3 is 0 Å². The zero-order chi connectivity index (χ0) is 42.3. The molecule has 1 aliphatic rings. The van der Waals surface area contributed by atoms with Gasteiger partial charge in [-0.1, -0.05) is 255 Å². The highest BCUT2D eigenvalue weighted by Gasteiger charge is 2.60. The Morgan fingerprint density at radius 3 is 0.905 bits per heavy atom. The first-order valence-electron chi connectivity index (χ1n) is 22.0. The minimum Gasteiger partial charge on any atom is -0.320 e. The van der Waals surface area contributed by atoms with Crippen molar-refractivity contribution in [2.24, 2.45) is 0 Å². The Bertz CT molecular complexity index is 2950. The third-order valence-corrected chi connectivity index (χ3v) is 18.5. The highest BCUT2D eigenvalue weighted by molar-refractivity contribution is 7.19. The summed E-state index contributed by atoms with van der Waals surface area (Å²) in [6, 6.07) is 100. The van der Waals surface area contributed by atoms with Gasteiger partial charge in [0.15, 0.2) is 8.07 Å². The quantitative estimate of drug-likeness (QED) is 0.101. The van der Waals surface area contributed by atoms with Gasteiger partial charge in [-0.2, -0.15) is 0 Å². The molecule has 0 bridgehead atoms. The van der Waals surface area contributed by atoms with E-state index in [4.69, 9.17) is 0 Å². The summed E-state index contributed by atoms with van der Waals surface area (Å²) in [6.07, 6.45) is 0. The number of hydrogen-bond acceptors (Lipinski definition) is 0. The van der Waals surface area contributed by atoms with Crippen LogP contribution in [0.3, 0.4) is 0 Å². The summed E-state index contributed by atoms with van der Waals surface area (Å²) >= 11 is 0. The Labute approximate surface area is 372 Å². The van der Waals surface area contributed by atoms with Crippen molar-refractivity contribution in [2.75, 3.05) is 0 Å². The van der Waals surface area contributed by atoms with Crippen LogP contribution in [-0.2, 0) is 10.8 Å². The lowest BCUT2D eigenvalue weighted by Crippen LogP contribution is -2.77. The molecule has 0 radical (unpaired) electrons. The summed E-state index contributed by atoms with van der Waals surface area (Å²) in [7, 11) is -3.36. The monoisotopic (exact) mass is 821 g/mol. The van der Waals surface area contributed by atoms with Crippen LogP contribution in [0.5, 0.6) is 0 Å². The van der Waals surface area contributed by atoms with Crippen molar-refractivity contribution < 1.29 is 0 Å². The van der Waals surface area contributed by atoms with Crippen LogP contribution in [0.2, 0.25) is 0 Å². The summed E-state index contributed by atoms with van der Waals surface area (Å²) in [6.45, 7) is 2.41. The molecule has 0 unspecified atom stereocenters. The number of benzene rings is 9. The lowest BCUT2D eigenvalue weighted by molar-refractivity contribution is 0.619. The van der Waals surface area contributed by atoms with Gasteiger partial charge in [0.05, 0.1) is 10.8 Å². The fourth-order valence-corrected chi connectivity index (χ4v) is 16.7. The number of para-hydroxylation sites is 1. The minimum absolute atomic E-state index is 0.718. The Hall–Kier alpha value is -7.52. The molecule has 0 fully saturated rings. The van der Waals surface area contributed by atoms with E-state index in [9.17, 15) is 0 Å². The standard InChI is InChI=1S/C61H47NSi/c1-46-57-58(59(62(46)51-36-18-6-19-37-51)63(52-38-20-7-21-39-52,53-40-22-8-23-41-53)54-42-24-9-25-43-54)61(49-32-14-4-15-33-49,50-34-16-5-17-35-50)56-45-27-26-44-55(56)60(57,47-28-10-2-11-29-47)48-30-12-3-13-31-48/h2-45H,1H3. The number of hydrogen-bond donors (Lipinski definition) is 0. The van der Waals surface area contributed by atoms with Gasteiger partial charge in [0, 0.05) is 16.7 Å². The van der Waals surface area contributed by atoms with Crippen LogP contribution in [0, 0.1) is 6.92 Å². The van der Waals surface area contributed by atoms with Crippen molar-refractivity contribution in [2.45, 2.75) is 17.8 Å². The first-order chi connectivity index (χ1) is 31.2. The SMILES string of the molecule is Cc1c2c(c([Si](c3ccccc3)(c3ccccc3)c3ccccc3)n1-c1ccccc1)C(c1ccccc1)(c1ccccc1)c1ccccc1C2(c1ccccc1)c1ccccc1. The molecule has 300 valence electrons. The predicted molar refractivity (Wildman–Crippen MR) is 264 cm³/mol. The van der Waals surface area contributed by atoms with E-state index in [2.05, 4.69) is 278 Å². The van der Waals surface area contributed by atoms with Gasteiger partial charge < -0.3 is 4.57 Å². The smallest absolute Gasteiger partial charge is 0.200 e. The van der Waals surface area contributed by atoms with Crippen molar-refractivity contribution in [3.63, 3.8) is 0 Å². The van der Waals surface area contributed by atoms with Gasteiger partial charge in [0.2, 0.25) is 0 Å². The van der Waals surface area contributed by atoms with E-state index < -0.39 is 18.9 Å². The van der Waals surface area contributed by atoms with Crippen LogP contribution in [0.1, 0.15) is 50.2 Å². The molecule has 1 aromatic heterocycles. The van der Waals surface area contributed by atoms with Crippen molar-refractivity contribution in [3.05, 3.63) is 317 Å². The van der Waals surface area contributed by atoms with Crippen molar-refractivity contribution in [1.29, 1.82) is 0 Å². The molecule has 0 atom stereocenters. The van der Waals surface area contributed by atoms with E-state index in [1.54, 1.807) is 0 Å². The predicted octanol–water partition coefficient (Wildman–Crippen LogP) is 11.2. The molecule has 1 aliphatic carbocycles. The summed E-state index contributed by atoms with van der Waals surface area (Å²) in [5, 5.41) is 5.35. The van der Waals surface area contributed by atoms with E-state index >= 15 is 0 Å². The molecule has 0 N–H and O–H groups in total. The second-order valence-corrected chi connectivity index (χ2v) is 20.4. The second kappa shape index (κ2) is 15.7. The average molecular weight is 822 g/mol. The maximum absolute atomic E-state index is 3.36. The highest BCUT2D eigenvalue weighted by Crippen LogP contribution is 2.61. The van der Waals surface area contributed by atoms with E-state index in [0.29, 0.717) is 0 Å². The molecule has 0 saturated carbocycles. The summed E-state index contributed by atoms with van der Waals surface area (Å²) in [4.78, 5) is 0. The van der Waals surface area contributed by atoms with E-state index in [0.717, 1.165) is 5.69 Å². The van der Waals surface area contributed by atoms with Gasteiger partial charge in [-0.05, 0) is 79.1 Å². The molecule has 10 aromatic rings. The molecule has 0 aliphatic heterocycles. The summed E-state index contributed by atoms with van der Waals surface area (Å²) < 4.78 is 2.71. The first kappa shape index (κ1) is 38.4. The number of aromatic nitrogens is 1.